The van der Waals surface area contributed by atoms with Crippen molar-refractivity contribution in [3.63, 3.8) is 0 Å². The standard InChI is InChI=1S/C17H21N5O2/c1-17(2)13-21(10-11-24-17)16(23)12-22-15(18-19-20-22)9-8-14-6-4-3-5-7-14/h3-9H,10-13H2,1-2H3/b9-8+. The number of benzene rings is 1. The van der Waals surface area contributed by atoms with Crippen molar-refractivity contribution in [3.8, 4) is 0 Å². The Morgan fingerprint density at radius 3 is 2.83 bits per heavy atom. The van der Waals surface area contributed by atoms with Gasteiger partial charge in [0.25, 0.3) is 0 Å². The second kappa shape index (κ2) is 6.92. The van der Waals surface area contributed by atoms with Gasteiger partial charge in [-0.15, -0.1) is 5.10 Å². The number of carbonyl (C=O) groups is 1. The number of tetrazole rings is 1. The monoisotopic (exact) mass is 327 g/mol. The van der Waals surface area contributed by atoms with Crippen LogP contribution in [0.1, 0.15) is 25.2 Å². The molecule has 2 heterocycles. The Kier molecular flexibility index (Phi) is 4.71. The van der Waals surface area contributed by atoms with Crippen LogP contribution in [-0.4, -0.2) is 56.3 Å². The van der Waals surface area contributed by atoms with Crippen LogP contribution in [0.15, 0.2) is 30.3 Å². The van der Waals surface area contributed by atoms with Crippen LogP contribution in [0.25, 0.3) is 12.2 Å². The Morgan fingerprint density at radius 1 is 1.29 bits per heavy atom. The van der Waals surface area contributed by atoms with Crippen molar-refractivity contribution in [2.75, 3.05) is 19.7 Å². The van der Waals surface area contributed by atoms with Crippen LogP contribution in [-0.2, 0) is 16.1 Å². The zero-order chi connectivity index (χ0) is 17.0. The minimum absolute atomic E-state index is 0.00645. The Labute approximate surface area is 140 Å². The summed E-state index contributed by atoms with van der Waals surface area (Å²) >= 11 is 0. The largest absolute Gasteiger partial charge is 0.372 e. The van der Waals surface area contributed by atoms with Gasteiger partial charge >= 0.3 is 0 Å². The van der Waals surface area contributed by atoms with Crippen molar-refractivity contribution in [1.29, 1.82) is 0 Å². The van der Waals surface area contributed by atoms with Gasteiger partial charge in [-0.05, 0) is 35.9 Å². The van der Waals surface area contributed by atoms with Crippen molar-refractivity contribution in [2.24, 2.45) is 0 Å². The van der Waals surface area contributed by atoms with E-state index in [2.05, 4.69) is 15.5 Å². The molecule has 0 aliphatic carbocycles. The maximum Gasteiger partial charge on any atom is 0.244 e. The zero-order valence-corrected chi connectivity index (χ0v) is 13.9. The molecular weight excluding hydrogens is 306 g/mol. The highest BCUT2D eigenvalue weighted by Crippen LogP contribution is 2.16. The van der Waals surface area contributed by atoms with E-state index in [-0.39, 0.29) is 18.1 Å². The molecule has 24 heavy (non-hydrogen) atoms. The summed E-state index contributed by atoms with van der Waals surface area (Å²) in [5.41, 5.74) is 0.734. The number of hydrogen-bond donors (Lipinski definition) is 0. The van der Waals surface area contributed by atoms with Gasteiger partial charge in [0.1, 0.15) is 6.54 Å². The molecule has 3 rings (SSSR count). The summed E-state index contributed by atoms with van der Waals surface area (Å²) in [4.78, 5) is 14.3. The van der Waals surface area contributed by atoms with Crippen LogP contribution in [0, 0.1) is 0 Å². The topological polar surface area (TPSA) is 73.1 Å². The molecule has 1 amide bonds. The summed E-state index contributed by atoms with van der Waals surface area (Å²) in [7, 11) is 0. The number of amides is 1. The number of nitrogens with zero attached hydrogens (tertiary/aromatic N) is 5. The van der Waals surface area contributed by atoms with E-state index < -0.39 is 0 Å². The Balaban J connectivity index is 1.67. The molecule has 1 aliphatic heterocycles. The molecule has 1 aromatic heterocycles. The first-order chi connectivity index (χ1) is 11.5. The number of hydrogen-bond acceptors (Lipinski definition) is 5. The Hall–Kier alpha value is -2.54. The molecule has 0 bridgehead atoms. The number of ether oxygens (including phenoxy) is 1. The third kappa shape index (κ3) is 4.05. The molecule has 0 atom stereocenters. The first-order valence-corrected chi connectivity index (χ1v) is 7.94. The molecular formula is C17H21N5O2. The average Bonchev–Trinajstić information content (AvgIpc) is 3.00. The highest BCUT2D eigenvalue weighted by Gasteiger charge is 2.30. The molecule has 0 unspecified atom stereocenters. The zero-order valence-electron chi connectivity index (χ0n) is 13.9. The fraction of sp³-hybridized carbons (Fsp3) is 0.412. The quantitative estimate of drug-likeness (QED) is 0.850. The molecule has 1 aliphatic rings. The molecule has 7 nitrogen and oxygen atoms in total. The summed E-state index contributed by atoms with van der Waals surface area (Å²) in [6, 6.07) is 9.87. The van der Waals surface area contributed by atoms with Gasteiger partial charge in [0.15, 0.2) is 5.82 Å². The average molecular weight is 327 g/mol. The lowest BCUT2D eigenvalue weighted by molar-refractivity contribution is -0.146. The molecule has 1 fully saturated rings. The third-order valence-corrected chi connectivity index (χ3v) is 3.85. The van der Waals surface area contributed by atoms with E-state index >= 15 is 0 Å². The minimum atomic E-state index is -0.315. The molecule has 1 saturated heterocycles. The highest BCUT2D eigenvalue weighted by atomic mass is 16.5. The number of morpholine rings is 1. The van der Waals surface area contributed by atoms with Gasteiger partial charge in [0, 0.05) is 13.1 Å². The molecule has 0 radical (unpaired) electrons. The van der Waals surface area contributed by atoms with E-state index in [1.54, 1.807) is 4.90 Å². The van der Waals surface area contributed by atoms with E-state index in [4.69, 9.17) is 4.74 Å². The lowest BCUT2D eigenvalue weighted by Gasteiger charge is -2.38. The second-order valence-corrected chi connectivity index (χ2v) is 6.36. The lowest BCUT2D eigenvalue weighted by atomic mass is 10.1. The third-order valence-electron chi connectivity index (χ3n) is 3.85. The second-order valence-electron chi connectivity index (χ2n) is 6.36. The van der Waals surface area contributed by atoms with Crippen LogP contribution >= 0.6 is 0 Å². The summed E-state index contributed by atoms with van der Waals surface area (Å²) < 4.78 is 7.16. The van der Waals surface area contributed by atoms with E-state index in [0.29, 0.717) is 25.5 Å². The van der Waals surface area contributed by atoms with Gasteiger partial charge in [0.2, 0.25) is 5.91 Å². The molecule has 0 spiro atoms. The Bertz CT molecular complexity index is 724. The number of rotatable bonds is 4. The summed E-state index contributed by atoms with van der Waals surface area (Å²) in [5.74, 6) is 0.549. The molecule has 0 N–H and O–H groups in total. The molecule has 1 aromatic carbocycles. The highest BCUT2D eigenvalue weighted by molar-refractivity contribution is 5.76. The van der Waals surface area contributed by atoms with Crippen molar-refractivity contribution in [3.05, 3.63) is 41.7 Å². The maximum atomic E-state index is 12.5. The van der Waals surface area contributed by atoms with Gasteiger partial charge in [0.05, 0.1) is 12.2 Å². The van der Waals surface area contributed by atoms with Gasteiger partial charge in [-0.1, -0.05) is 36.4 Å². The normalized spacial score (nSPS) is 17.3. The van der Waals surface area contributed by atoms with Crippen molar-refractivity contribution in [2.45, 2.75) is 26.0 Å². The lowest BCUT2D eigenvalue weighted by Crippen LogP contribution is -2.51. The molecule has 126 valence electrons. The minimum Gasteiger partial charge on any atom is -0.372 e. The maximum absolute atomic E-state index is 12.5. The van der Waals surface area contributed by atoms with Crippen LogP contribution in [0.4, 0.5) is 0 Å². The fourth-order valence-corrected chi connectivity index (χ4v) is 2.64. The Morgan fingerprint density at radius 2 is 2.08 bits per heavy atom. The first kappa shape index (κ1) is 16.3. The smallest absolute Gasteiger partial charge is 0.244 e. The van der Waals surface area contributed by atoms with Crippen LogP contribution < -0.4 is 0 Å². The van der Waals surface area contributed by atoms with Crippen LogP contribution in [0.5, 0.6) is 0 Å². The van der Waals surface area contributed by atoms with E-state index in [0.717, 1.165) is 5.56 Å². The predicted octanol–water partition coefficient (Wildman–Crippen LogP) is 1.48. The number of carbonyl (C=O) groups excluding carboxylic acids is 1. The van der Waals surface area contributed by atoms with Crippen LogP contribution in [0.3, 0.4) is 0 Å². The SMILES string of the molecule is CC1(C)CN(C(=O)Cn2nnnc2/C=C/c2ccccc2)CCO1. The first-order valence-electron chi connectivity index (χ1n) is 7.94. The van der Waals surface area contributed by atoms with Gasteiger partial charge in [-0.3, -0.25) is 4.79 Å². The predicted molar refractivity (Wildman–Crippen MR) is 89.8 cm³/mol. The van der Waals surface area contributed by atoms with Crippen LogP contribution in [0.2, 0.25) is 0 Å². The summed E-state index contributed by atoms with van der Waals surface area (Å²) in [6.07, 6.45) is 3.73. The van der Waals surface area contributed by atoms with Crippen molar-refractivity contribution >= 4 is 18.1 Å². The van der Waals surface area contributed by atoms with Gasteiger partial charge < -0.3 is 9.64 Å². The van der Waals surface area contributed by atoms with Crippen molar-refractivity contribution < 1.29 is 9.53 Å². The van der Waals surface area contributed by atoms with E-state index in [9.17, 15) is 4.79 Å². The fourth-order valence-electron chi connectivity index (χ4n) is 2.64. The van der Waals surface area contributed by atoms with E-state index in [1.165, 1.54) is 4.68 Å². The van der Waals surface area contributed by atoms with Crippen molar-refractivity contribution in [1.82, 2.24) is 25.1 Å². The van der Waals surface area contributed by atoms with E-state index in [1.807, 2.05) is 56.3 Å². The van der Waals surface area contributed by atoms with Gasteiger partial charge in [-0.2, -0.15) is 0 Å². The number of aromatic nitrogens is 4. The summed E-state index contributed by atoms with van der Waals surface area (Å²) in [5, 5.41) is 11.6. The molecule has 7 heteroatoms. The molecule has 0 saturated carbocycles. The van der Waals surface area contributed by atoms with Gasteiger partial charge in [-0.25, -0.2) is 4.68 Å². The molecule has 2 aromatic rings. The summed E-state index contributed by atoms with van der Waals surface area (Å²) in [6.45, 7) is 5.81.